The first-order valence-corrected chi connectivity index (χ1v) is 7.68. The number of carbonyl (C=O) groups is 1. The Hall–Kier alpha value is -1.85. The summed E-state index contributed by atoms with van der Waals surface area (Å²) in [6, 6.07) is 9.62. The second-order valence-corrected chi connectivity index (χ2v) is 6.09. The second-order valence-electron chi connectivity index (χ2n) is 6.09. The maximum atomic E-state index is 12.4. The van der Waals surface area contributed by atoms with E-state index in [4.69, 9.17) is 10.3 Å². The lowest BCUT2D eigenvalue weighted by Gasteiger charge is -2.27. The summed E-state index contributed by atoms with van der Waals surface area (Å²) < 4.78 is 5.21. The molecule has 0 aliphatic heterocycles. The van der Waals surface area contributed by atoms with E-state index in [2.05, 4.69) is 10.5 Å². The fraction of sp³-hybridized carbons (Fsp3) is 0.412. The van der Waals surface area contributed by atoms with E-state index in [9.17, 15) is 4.79 Å². The van der Waals surface area contributed by atoms with Crippen LogP contribution in [0.1, 0.15) is 41.8 Å². The second kappa shape index (κ2) is 7.15. The Balaban J connectivity index is 0.00000192. The fourth-order valence-electron chi connectivity index (χ4n) is 2.98. The number of halogens is 1. The van der Waals surface area contributed by atoms with E-state index in [-0.39, 0.29) is 29.6 Å². The molecule has 6 heteroatoms. The quantitative estimate of drug-likeness (QED) is 0.899. The van der Waals surface area contributed by atoms with Gasteiger partial charge in [-0.2, -0.15) is 0 Å². The average Bonchev–Trinajstić information content (AvgIpc) is 3.18. The number of nitrogens with zero attached hydrogens (tertiary/aromatic N) is 1. The van der Waals surface area contributed by atoms with Crippen molar-refractivity contribution in [3.63, 3.8) is 0 Å². The number of carbonyl (C=O) groups excluding carboxylic acids is 1. The summed E-state index contributed by atoms with van der Waals surface area (Å²) in [6.07, 6.45) is 4.05. The van der Waals surface area contributed by atoms with Crippen molar-refractivity contribution in [2.45, 2.75) is 38.1 Å². The molecule has 2 aromatic rings. The molecule has 1 aliphatic rings. The van der Waals surface area contributed by atoms with Crippen LogP contribution in [0.4, 0.5) is 0 Å². The van der Waals surface area contributed by atoms with Gasteiger partial charge in [0.1, 0.15) is 5.69 Å². The number of nitrogens with one attached hydrogen (secondary N) is 1. The molecule has 1 aromatic carbocycles. The third kappa shape index (κ3) is 3.74. The highest BCUT2D eigenvalue weighted by atomic mass is 35.5. The van der Waals surface area contributed by atoms with Crippen molar-refractivity contribution in [2.24, 2.45) is 5.73 Å². The van der Waals surface area contributed by atoms with Crippen LogP contribution in [-0.2, 0) is 0 Å². The van der Waals surface area contributed by atoms with Crippen molar-refractivity contribution < 1.29 is 9.32 Å². The molecule has 0 unspecified atom stereocenters. The van der Waals surface area contributed by atoms with E-state index in [0.29, 0.717) is 12.2 Å². The minimum Gasteiger partial charge on any atom is -0.350 e. The number of amides is 1. The Morgan fingerprint density at radius 1 is 1.30 bits per heavy atom. The van der Waals surface area contributed by atoms with Gasteiger partial charge in [0, 0.05) is 18.2 Å². The molecule has 3 rings (SSSR count). The average molecular weight is 336 g/mol. The Labute approximate surface area is 142 Å². The lowest BCUT2D eigenvalue weighted by Crippen LogP contribution is -2.51. The molecule has 1 heterocycles. The van der Waals surface area contributed by atoms with Crippen molar-refractivity contribution in [2.75, 3.05) is 6.54 Å². The SMILES string of the molecule is Cc1ccc(-c2cc(C(=O)NC3(CN)CCCC3)on2)cc1.Cl. The topological polar surface area (TPSA) is 81.2 Å². The standard InChI is InChI=1S/C17H21N3O2.ClH/c1-12-4-6-13(7-5-12)14-10-15(22-20-14)16(21)19-17(11-18)8-2-3-9-17;/h4-7,10H,2-3,8-9,11,18H2,1H3,(H,19,21);1H. The van der Waals surface area contributed by atoms with E-state index in [0.717, 1.165) is 31.2 Å². The summed E-state index contributed by atoms with van der Waals surface area (Å²) in [6.45, 7) is 2.48. The molecule has 1 saturated carbocycles. The summed E-state index contributed by atoms with van der Waals surface area (Å²) in [7, 11) is 0. The Bertz CT molecular complexity index is 661. The van der Waals surface area contributed by atoms with E-state index >= 15 is 0 Å². The van der Waals surface area contributed by atoms with Gasteiger partial charge in [-0.1, -0.05) is 47.8 Å². The van der Waals surface area contributed by atoms with E-state index < -0.39 is 0 Å². The van der Waals surface area contributed by atoms with Gasteiger partial charge >= 0.3 is 0 Å². The summed E-state index contributed by atoms with van der Waals surface area (Å²) in [5, 5.41) is 7.03. The zero-order chi connectivity index (χ0) is 15.6. The highest BCUT2D eigenvalue weighted by Crippen LogP contribution is 2.29. The Morgan fingerprint density at radius 3 is 2.57 bits per heavy atom. The zero-order valence-corrected chi connectivity index (χ0v) is 14.0. The molecule has 124 valence electrons. The molecule has 0 bridgehead atoms. The van der Waals surface area contributed by atoms with Gasteiger partial charge in [0.25, 0.3) is 5.91 Å². The lowest BCUT2D eigenvalue weighted by molar-refractivity contribution is 0.0865. The number of aryl methyl sites for hydroxylation is 1. The van der Waals surface area contributed by atoms with Crippen LogP contribution in [-0.4, -0.2) is 23.1 Å². The predicted octanol–water partition coefficient (Wildman–Crippen LogP) is 3.07. The number of nitrogens with two attached hydrogens (primary N) is 1. The van der Waals surface area contributed by atoms with Crippen LogP contribution < -0.4 is 11.1 Å². The fourth-order valence-corrected chi connectivity index (χ4v) is 2.98. The molecular weight excluding hydrogens is 314 g/mol. The summed E-state index contributed by atoms with van der Waals surface area (Å²) in [4.78, 5) is 12.4. The first kappa shape index (κ1) is 17.5. The van der Waals surface area contributed by atoms with E-state index in [1.807, 2.05) is 31.2 Å². The molecule has 1 aromatic heterocycles. The minimum atomic E-state index is -0.284. The van der Waals surface area contributed by atoms with Crippen LogP contribution in [0.3, 0.4) is 0 Å². The van der Waals surface area contributed by atoms with Crippen LogP contribution in [0.5, 0.6) is 0 Å². The van der Waals surface area contributed by atoms with Gasteiger partial charge in [-0.15, -0.1) is 12.4 Å². The highest BCUT2D eigenvalue weighted by Gasteiger charge is 2.34. The smallest absolute Gasteiger partial charge is 0.290 e. The molecular formula is C17H22ClN3O2. The van der Waals surface area contributed by atoms with Gasteiger partial charge in [0.2, 0.25) is 5.76 Å². The number of aromatic nitrogens is 1. The molecule has 1 amide bonds. The Kier molecular flexibility index (Phi) is 5.44. The maximum Gasteiger partial charge on any atom is 0.290 e. The van der Waals surface area contributed by atoms with E-state index in [1.54, 1.807) is 6.07 Å². The number of hydrogen-bond acceptors (Lipinski definition) is 4. The first-order valence-electron chi connectivity index (χ1n) is 7.68. The highest BCUT2D eigenvalue weighted by molar-refractivity contribution is 5.93. The van der Waals surface area contributed by atoms with Gasteiger partial charge < -0.3 is 15.6 Å². The zero-order valence-electron chi connectivity index (χ0n) is 13.2. The monoisotopic (exact) mass is 335 g/mol. The summed E-state index contributed by atoms with van der Waals surface area (Å²) >= 11 is 0. The van der Waals surface area contributed by atoms with Gasteiger partial charge in [0.05, 0.1) is 5.54 Å². The third-order valence-electron chi connectivity index (χ3n) is 4.41. The summed E-state index contributed by atoms with van der Waals surface area (Å²) in [5.74, 6) is -0.00601. The minimum absolute atomic E-state index is 0. The molecule has 0 atom stereocenters. The van der Waals surface area contributed by atoms with E-state index in [1.165, 1.54) is 5.56 Å². The predicted molar refractivity (Wildman–Crippen MR) is 91.6 cm³/mol. The maximum absolute atomic E-state index is 12.4. The molecule has 5 nitrogen and oxygen atoms in total. The third-order valence-corrected chi connectivity index (χ3v) is 4.41. The number of benzene rings is 1. The van der Waals surface area contributed by atoms with Crippen LogP contribution in [0.2, 0.25) is 0 Å². The molecule has 0 saturated heterocycles. The van der Waals surface area contributed by atoms with Gasteiger partial charge in [-0.3, -0.25) is 4.79 Å². The van der Waals surface area contributed by atoms with Gasteiger partial charge in [-0.25, -0.2) is 0 Å². The number of hydrogen-bond donors (Lipinski definition) is 2. The Morgan fingerprint density at radius 2 is 1.96 bits per heavy atom. The van der Waals surface area contributed by atoms with Crippen LogP contribution in [0, 0.1) is 6.92 Å². The van der Waals surface area contributed by atoms with Crippen LogP contribution in [0.15, 0.2) is 34.9 Å². The van der Waals surface area contributed by atoms with Crippen molar-refractivity contribution in [3.05, 3.63) is 41.7 Å². The molecule has 3 N–H and O–H groups in total. The molecule has 23 heavy (non-hydrogen) atoms. The normalized spacial score (nSPS) is 15.9. The lowest BCUT2D eigenvalue weighted by atomic mass is 9.97. The van der Waals surface area contributed by atoms with Gasteiger partial charge in [-0.05, 0) is 19.8 Å². The van der Waals surface area contributed by atoms with Crippen LogP contribution >= 0.6 is 12.4 Å². The largest absolute Gasteiger partial charge is 0.350 e. The van der Waals surface area contributed by atoms with Crippen molar-refractivity contribution in [3.8, 4) is 11.3 Å². The number of rotatable bonds is 4. The van der Waals surface area contributed by atoms with Crippen molar-refractivity contribution in [1.29, 1.82) is 0 Å². The molecule has 0 spiro atoms. The molecule has 1 fully saturated rings. The van der Waals surface area contributed by atoms with Crippen molar-refractivity contribution >= 4 is 18.3 Å². The summed E-state index contributed by atoms with van der Waals surface area (Å²) in [5.41, 5.74) is 8.34. The molecule has 0 radical (unpaired) electrons. The molecule has 1 aliphatic carbocycles. The first-order chi connectivity index (χ1) is 10.6. The van der Waals surface area contributed by atoms with Gasteiger partial charge in [0.15, 0.2) is 0 Å². The van der Waals surface area contributed by atoms with Crippen LogP contribution in [0.25, 0.3) is 11.3 Å². The van der Waals surface area contributed by atoms with Crippen molar-refractivity contribution in [1.82, 2.24) is 10.5 Å².